The fraction of sp³-hybridized carbons (Fsp3) is 0.667. The molecule has 1 saturated heterocycles. The van der Waals surface area contributed by atoms with Crippen molar-refractivity contribution in [2.24, 2.45) is 11.3 Å². The summed E-state index contributed by atoms with van der Waals surface area (Å²) < 4.78 is 10.3. The van der Waals surface area contributed by atoms with Crippen molar-refractivity contribution in [2.45, 2.75) is 34.1 Å². The van der Waals surface area contributed by atoms with E-state index in [2.05, 4.69) is 4.98 Å². The van der Waals surface area contributed by atoms with E-state index in [1.165, 1.54) is 6.39 Å². The average molecular weight is 294 g/mol. The van der Waals surface area contributed by atoms with Gasteiger partial charge in [-0.15, -0.1) is 0 Å². The summed E-state index contributed by atoms with van der Waals surface area (Å²) in [6.45, 7) is 8.73. The zero-order valence-electron chi connectivity index (χ0n) is 13.0. The summed E-state index contributed by atoms with van der Waals surface area (Å²) in [5.41, 5.74) is -0.304. The highest BCUT2D eigenvalue weighted by molar-refractivity contribution is 5.94. The topological polar surface area (TPSA) is 72.6 Å². The van der Waals surface area contributed by atoms with Crippen molar-refractivity contribution in [2.75, 3.05) is 19.7 Å². The van der Waals surface area contributed by atoms with Crippen LogP contribution in [0.25, 0.3) is 0 Å². The first-order chi connectivity index (χ1) is 9.92. The lowest BCUT2D eigenvalue weighted by Gasteiger charge is -2.30. The van der Waals surface area contributed by atoms with Gasteiger partial charge < -0.3 is 14.1 Å². The Morgan fingerprint density at radius 2 is 2.24 bits per heavy atom. The second kappa shape index (κ2) is 5.87. The first-order valence-corrected chi connectivity index (χ1v) is 7.29. The summed E-state index contributed by atoms with van der Waals surface area (Å²) in [5.74, 6) is 0.200. The Labute approximate surface area is 124 Å². The molecule has 0 spiro atoms. The number of hydrogen-bond acceptors (Lipinski definition) is 5. The average Bonchev–Trinajstić information content (AvgIpc) is 3.05. The molecule has 1 atom stereocenters. The van der Waals surface area contributed by atoms with Crippen LogP contribution in [-0.4, -0.2) is 41.5 Å². The number of ether oxygens (including phenoxy) is 1. The van der Waals surface area contributed by atoms with Crippen LogP contribution in [-0.2, 0) is 9.53 Å². The van der Waals surface area contributed by atoms with Crippen LogP contribution >= 0.6 is 0 Å². The summed E-state index contributed by atoms with van der Waals surface area (Å²) in [6, 6.07) is 0. The van der Waals surface area contributed by atoms with Gasteiger partial charge >= 0.3 is 5.97 Å². The fourth-order valence-electron chi connectivity index (χ4n) is 2.82. The molecule has 6 heteroatoms. The lowest BCUT2D eigenvalue weighted by molar-refractivity contribution is -0.157. The minimum absolute atomic E-state index is 0.104. The summed E-state index contributed by atoms with van der Waals surface area (Å²) in [6.07, 6.45) is 1.88. The number of carbonyl (C=O) groups excluding carboxylic acids is 2. The number of nitrogens with zero attached hydrogens (tertiary/aromatic N) is 2. The number of aromatic nitrogens is 1. The molecule has 1 amide bonds. The van der Waals surface area contributed by atoms with Gasteiger partial charge in [-0.25, -0.2) is 4.98 Å². The second-order valence-electron chi connectivity index (χ2n) is 5.77. The number of carbonyl (C=O) groups is 2. The van der Waals surface area contributed by atoms with Gasteiger partial charge in [-0.2, -0.15) is 0 Å². The number of amides is 1. The number of oxazole rings is 1. The Kier molecular flexibility index (Phi) is 4.34. The van der Waals surface area contributed by atoms with Crippen LogP contribution in [0.15, 0.2) is 10.8 Å². The van der Waals surface area contributed by atoms with Gasteiger partial charge in [0.1, 0.15) is 5.76 Å². The molecule has 0 bridgehead atoms. The lowest BCUT2D eigenvalue weighted by Crippen LogP contribution is -2.42. The molecule has 6 nitrogen and oxygen atoms in total. The Hall–Kier alpha value is -1.85. The zero-order valence-corrected chi connectivity index (χ0v) is 13.0. The predicted octanol–water partition coefficient (Wildman–Crippen LogP) is 2.03. The van der Waals surface area contributed by atoms with E-state index < -0.39 is 5.41 Å². The molecule has 116 valence electrons. The summed E-state index contributed by atoms with van der Waals surface area (Å²) >= 11 is 0. The quantitative estimate of drug-likeness (QED) is 0.794. The van der Waals surface area contributed by atoms with Gasteiger partial charge in [0.15, 0.2) is 12.1 Å². The Morgan fingerprint density at radius 3 is 2.76 bits per heavy atom. The summed E-state index contributed by atoms with van der Waals surface area (Å²) in [5, 5.41) is 0. The normalized spacial score (nSPS) is 21.9. The first-order valence-electron chi connectivity index (χ1n) is 7.29. The van der Waals surface area contributed by atoms with Crippen LogP contribution in [0.2, 0.25) is 0 Å². The smallest absolute Gasteiger partial charge is 0.314 e. The summed E-state index contributed by atoms with van der Waals surface area (Å²) in [7, 11) is 0. The molecule has 1 aromatic heterocycles. The number of esters is 1. The molecule has 0 aromatic carbocycles. The highest BCUT2D eigenvalue weighted by Crippen LogP contribution is 2.39. The minimum atomic E-state index is -0.622. The SMILES string of the molecule is CCOC(=O)C1(C(C)C)CCN(C(=O)c2ncoc2C)C1. The Bertz CT molecular complexity index is 538. The largest absolute Gasteiger partial charge is 0.466 e. The van der Waals surface area contributed by atoms with Crippen LogP contribution in [0.1, 0.15) is 43.4 Å². The molecule has 2 heterocycles. The Morgan fingerprint density at radius 1 is 1.52 bits per heavy atom. The molecule has 0 saturated carbocycles. The molecular weight excluding hydrogens is 272 g/mol. The first kappa shape index (κ1) is 15.5. The Balaban J connectivity index is 2.19. The van der Waals surface area contributed by atoms with Gasteiger partial charge in [-0.1, -0.05) is 13.8 Å². The van der Waals surface area contributed by atoms with E-state index in [4.69, 9.17) is 9.15 Å². The number of likely N-dealkylation sites (tertiary alicyclic amines) is 1. The van der Waals surface area contributed by atoms with Crippen LogP contribution in [0.3, 0.4) is 0 Å². The lowest BCUT2D eigenvalue weighted by atomic mass is 9.76. The molecule has 1 aromatic rings. The van der Waals surface area contributed by atoms with Crippen LogP contribution in [0.4, 0.5) is 0 Å². The third-order valence-corrected chi connectivity index (χ3v) is 4.32. The van der Waals surface area contributed by atoms with E-state index in [9.17, 15) is 9.59 Å². The number of rotatable bonds is 4. The van der Waals surface area contributed by atoms with E-state index in [0.29, 0.717) is 37.6 Å². The van der Waals surface area contributed by atoms with Gasteiger partial charge in [-0.05, 0) is 26.2 Å². The predicted molar refractivity (Wildman–Crippen MR) is 75.7 cm³/mol. The van der Waals surface area contributed by atoms with Crippen molar-refractivity contribution < 1.29 is 18.7 Å². The molecule has 1 unspecified atom stereocenters. The highest BCUT2D eigenvalue weighted by Gasteiger charge is 2.49. The maximum absolute atomic E-state index is 12.5. The molecule has 0 aliphatic carbocycles. The molecule has 1 aliphatic heterocycles. The van der Waals surface area contributed by atoms with Crippen molar-refractivity contribution >= 4 is 11.9 Å². The van der Waals surface area contributed by atoms with Crippen molar-refractivity contribution in [3.05, 3.63) is 17.8 Å². The van der Waals surface area contributed by atoms with Gasteiger partial charge in [0.2, 0.25) is 0 Å². The molecule has 1 fully saturated rings. The van der Waals surface area contributed by atoms with Crippen molar-refractivity contribution in [3.63, 3.8) is 0 Å². The third-order valence-electron chi connectivity index (χ3n) is 4.32. The van der Waals surface area contributed by atoms with Crippen molar-refractivity contribution in [1.29, 1.82) is 0 Å². The maximum Gasteiger partial charge on any atom is 0.314 e. The fourth-order valence-corrected chi connectivity index (χ4v) is 2.82. The van der Waals surface area contributed by atoms with Crippen LogP contribution in [0.5, 0.6) is 0 Å². The summed E-state index contributed by atoms with van der Waals surface area (Å²) in [4.78, 5) is 30.4. The van der Waals surface area contributed by atoms with Crippen LogP contribution < -0.4 is 0 Å². The van der Waals surface area contributed by atoms with Gasteiger partial charge in [-0.3, -0.25) is 9.59 Å². The van der Waals surface area contributed by atoms with Crippen molar-refractivity contribution in [3.8, 4) is 0 Å². The van der Waals surface area contributed by atoms with Gasteiger partial charge in [0.25, 0.3) is 5.91 Å². The van der Waals surface area contributed by atoms with Gasteiger partial charge in [0, 0.05) is 13.1 Å². The monoisotopic (exact) mass is 294 g/mol. The molecule has 21 heavy (non-hydrogen) atoms. The number of hydrogen-bond donors (Lipinski definition) is 0. The zero-order chi connectivity index (χ0) is 15.6. The molecule has 2 rings (SSSR count). The molecule has 0 radical (unpaired) electrons. The standard InChI is InChI=1S/C15H22N2O4/c1-5-20-14(19)15(10(2)3)6-7-17(8-15)13(18)12-11(4)21-9-16-12/h9-10H,5-8H2,1-4H3. The van der Waals surface area contributed by atoms with E-state index >= 15 is 0 Å². The molecule has 1 aliphatic rings. The second-order valence-corrected chi connectivity index (χ2v) is 5.77. The molecule has 0 N–H and O–H groups in total. The van der Waals surface area contributed by atoms with Crippen LogP contribution in [0, 0.1) is 18.3 Å². The van der Waals surface area contributed by atoms with E-state index in [0.717, 1.165) is 0 Å². The third kappa shape index (κ3) is 2.66. The maximum atomic E-state index is 12.5. The van der Waals surface area contributed by atoms with E-state index in [1.54, 1.807) is 18.7 Å². The van der Waals surface area contributed by atoms with Crippen molar-refractivity contribution in [1.82, 2.24) is 9.88 Å². The van der Waals surface area contributed by atoms with Gasteiger partial charge in [0.05, 0.1) is 12.0 Å². The number of aryl methyl sites for hydroxylation is 1. The minimum Gasteiger partial charge on any atom is -0.466 e. The van der Waals surface area contributed by atoms with E-state index in [-0.39, 0.29) is 17.8 Å². The molecular formula is C15H22N2O4. The highest BCUT2D eigenvalue weighted by atomic mass is 16.5. The van der Waals surface area contributed by atoms with E-state index in [1.807, 2.05) is 13.8 Å².